The predicted molar refractivity (Wildman–Crippen MR) is 83.3 cm³/mol. The Hall–Kier alpha value is -0.670. The van der Waals surface area contributed by atoms with Gasteiger partial charge in [0, 0.05) is 10.0 Å². The summed E-state index contributed by atoms with van der Waals surface area (Å²) in [7, 11) is 0. The third-order valence-corrected chi connectivity index (χ3v) is 5.35. The van der Waals surface area contributed by atoms with Crippen molar-refractivity contribution in [1.29, 1.82) is 0 Å². The summed E-state index contributed by atoms with van der Waals surface area (Å²) < 4.78 is 14.8. The first kappa shape index (κ1) is 13.3. The average Bonchev–Trinajstić information content (AvgIpc) is 2.85. The van der Waals surface area contributed by atoms with E-state index in [-0.39, 0.29) is 10.6 Å². The lowest BCUT2D eigenvalue weighted by Crippen LogP contribution is -1.99. The first-order chi connectivity index (χ1) is 9.16. The first-order valence-electron chi connectivity index (χ1n) is 6.36. The minimum atomic E-state index is -0.184. The molecule has 1 atom stereocenters. The third-order valence-electron chi connectivity index (χ3n) is 3.67. The van der Waals surface area contributed by atoms with E-state index < -0.39 is 0 Å². The van der Waals surface area contributed by atoms with Gasteiger partial charge < -0.3 is 0 Å². The van der Waals surface area contributed by atoms with Crippen molar-refractivity contribution in [3.63, 3.8) is 0 Å². The fourth-order valence-electron chi connectivity index (χ4n) is 2.67. The van der Waals surface area contributed by atoms with E-state index in [9.17, 15) is 4.39 Å². The van der Waals surface area contributed by atoms with Crippen LogP contribution in [0.2, 0.25) is 0 Å². The molecule has 0 radical (unpaired) electrons. The molecular weight excluding hydrogens is 371 g/mol. The predicted octanol–water partition coefficient (Wildman–Crippen LogP) is 5.56. The maximum Gasteiger partial charge on any atom is 0.129 e. The molecule has 0 nitrogen and oxygen atoms in total. The highest BCUT2D eigenvalue weighted by Gasteiger charge is 2.20. The normalized spacial score (nSPS) is 15.3. The molecule has 1 aliphatic carbocycles. The van der Waals surface area contributed by atoms with Crippen molar-refractivity contribution in [3.8, 4) is 0 Å². The summed E-state index contributed by atoms with van der Waals surface area (Å²) in [6, 6.07) is 11.6. The monoisotopic (exact) mass is 382 g/mol. The van der Waals surface area contributed by atoms with Crippen LogP contribution in [0.25, 0.3) is 0 Å². The lowest BCUT2D eigenvalue weighted by atomic mass is 10.00. The van der Waals surface area contributed by atoms with Crippen molar-refractivity contribution in [1.82, 2.24) is 0 Å². The van der Waals surface area contributed by atoms with Gasteiger partial charge >= 0.3 is 0 Å². The van der Waals surface area contributed by atoms with Crippen molar-refractivity contribution < 1.29 is 4.39 Å². The minimum absolute atomic E-state index is 0.117. The van der Waals surface area contributed by atoms with Crippen LogP contribution in [0.15, 0.2) is 40.9 Å². The smallest absolute Gasteiger partial charge is 0.129 e. The number of fused-ring (bicyclic) bond motifs is 1. The van der Waals surface area contributed by atoms with Gasteiger partial charge in [-0.25, -0.2) is 4.39 Å². The van der Waals surface area contributed by atoms with Gasteiger partial charge in [0.1, 0.15) is 5.82 Å². The van der Waals surface area contributed by atoms with Gasteiger partial charge in [-0.1, -0.05) is 56.1 Å². The van der Waals surface area contributed by atoms with Gasteiger partial charge in [-0.15, -0.1) is 0 Å². The third kappa shape index (κ3) is 2.50. The van der Waals surface area contributed by atoms with E-state index in [1.807, 2.05) is 6.07 Å². The summed E-state index contributed by atoms with van der Waals surface area (Å²) in [6.45, 7) is 0. The van der Waals surface area contributed by atoms with Gasteiger partial charge in [0.15, 0.2) is 0 Å². The van der Waals surface area contributed by atoms with E-state index in [1.165, 1.54) is 30.0 Å². The molecule has 19 heavy (non-hydrogen) atoms. The Bertz CT molecular complexity index is 602. The summed E-state index contributed by atoms with van der Waals surface area (Å²) in [6.07, 6.45) is 3.54. The molecule has 2 aromatic rings. The number of rotatable bonds is 2. The Morgan fingerprint density at radius 2 is 1.84 bits per heavy atom. The second-order valence-electron chi connectivity index (χ2n) is 4.88. The zero-order valence-corrected chi connectivity index (χ0v) is 13.5. The van der Waals surface area contributed by atoms with Crippen LogP contribution in [0.1, 0.15) is 33.5 Å². The molecule has 0 saturated carbocycles. The maximum absolute atomic E-state index is 14.0. The van der Waals surface area contributed by atoms with Crippen LogP contribution < -0.4 is 0 Å². The molecule has 0 aliphatic heterocycles. The fraction of sp³-hybridized carbons (Fsp3) is 0.250. The van der Waals surface area contributed by atoms with E-state index in [0.29, 0.717) is 5.56 Å². The Morgan fingerprint density at radius 3 is 2.63 bits per heavy atom. The number of alkyl halides is 1. The number of benzene rings is 2. The Kier molecular flexibility index (Phi) is 3.77. The summed E-state index contributed by atoms with van der Waals surface area (Å²) in [5, 5.41) is 0. The van der Waals surface area contributed by atoms with E-state index in [4.69, 9.17) is 0 Å². The molecule has 0 amide bonds. The second-order valence-corrected chi connectivity index (χ2v) is 6.65. The van der Waals surface area contributed by atoms with E-state index >= 15 is 0 Å². The van der Waals surface area contributed by atoms with Gasteiger partial charge in [-0.05, 0) is 48.1 Å². The molecule has 98 valence electrons. The van der Waals surface area contributed by atoms with Crippen molar-refractivity contribution in [2.75, 3.05) is 0 Å². The lowest BCUT2D eigenvalue weighted by Gasteiger charge is -2.15. The Morgan fingerprint density at radius 1 is 1.05 bits per heavy atom. The molecule has 2 aromatic carbocycles. The highest BCUT2D eigenvalue weighted by molar-refractivity contribution is 9.11. The van der Waals surface area contributed by atoms with Crippen molar-refractivity contribution in [2.24, 2.45) is 0 Å². The molecule has 1 aliphatic rings. The molecule has 0 N–H and O–H groups in total. The quantitative estimate of drug-likeness (QED) is 0.595. The Labute approximate surface area is 129 Å². The fourth-order valence-corrected chi connectivity index (χ4v) is 4.30. The minimum Gasteiger partial charge on any atom is -0.207 e. The van der Waals surface area contributed by atoms with Gasteiger partial charge in [0.2, 0.25) is 0 Å². The van der Waals surface area contributed by atoms with Crippen LogP contribution in [-0.4, -0.2) is 0 Å². The van der Waals surface area contributed by atoms with Gasteiger partial charge in [0.05, 0.1) is 4.83 Å². The number of aryl methyl sites for hydroxylation is 2. The van der Waals surface area contributed by atoms with E-state index in [1.54, 1.807) is 6.07 Å². The van der Waals surface area contributed by atoms with Gasteiger partial charge in [0.25, 0.3) is 0 Å². The van der Waals surface area contributed by atoms with Crippen molar-refractivity contribution in [3.05, 3.63) is 68.9 Å². The Balaban J connectivity index is 2.02. The molecule has 0 saturated heterocycles. The van der Waals surface area contributed by atoms with Gasteiger partial charge in [-0.3, -0.25) is 0 Å². The molecule has 3 heteroatoms. The van der Waals surface area contributed by atoms with E-state index in [2.05, 4.69) is 50.1 Å². The number of hydrogen-bond donors (Lipinski definition) is 0. The number of halogens is 3. The summed E-state index contributed by atoms with van der Waals surface area (Å²) in [5.41, 5.74) is 4.64. The van der Waals surface area contributed by atoms with Crippen LogP contribution in [0, 0.1) is 5.82 Å². The SMILES string of the molecule is Fc1cccc(Br)c1C(Br)c1ccc2c(c1)CCC2. The van der Waals surface area contributed by atoms with E-state index in [0.717, 1.165) is 16.5 Å². The zero-order valence-electron chi connectivity index (χ0n) is 10.3. The van der Waals surface area contributed by atoms with Crippen LogP contribution in [0.5, 0.6) is 0 Å². The maximum atomic E-state index is 14.0. The van der Waals surface area contributed by atoms with Crippen molar-refractivity contribution >= 4 is 31.9 Å². The molecule has 3 rings (SSSR count). The highest BCUT2D eigenvalue weighted by Crippen LogP contribution is 2.38. The summed E-state index contributed by atoms with van der Waals surface area (Å²) >= 11 is 7.07. The van der Waals surface area contributed by atoms with Crippen LogP contribution in [0.3, 0.4) is 0 Å². The number of hydrogen-bond acceptors (Lipinski definition) is 0. The molecular formula is C16H13Br2F. The molecule has 0 aromatic heterocycles. The summed E-state index contributed by atoms with van der Waals surface area (Å²) in [4.78, 5) is -0.117. The molecule has 0 spiro atoms. The van der Waals surface area contributed by atoms with Crippen LogP contribution in [0.4, 0.5) is 4.39 Å². The topological polar surface area (TPSA) is 0 Å². The summed E-state index contributed by atoms with van der Waals surface area (Å²) in [5.74, 6) is -0.184. The molecule has 0 fully saturated rings. The average molecular weight is 384 g/mol. The molecule has 0 bridgehead atoms. The second kappa shape index (κ2) is 5.37. The van der Waals surface area contributed by atoms with Crippen molar-refractivity contribution in [2.45, 2.75) is 24.1 Å². The molecule has 1 unspecified atom stereocenters. The highest BCUT2D eigenvalue weighted by atomic mass is 79.9. The lowest BCUT2D eigenvalue weighted by molar-refractivity contribution is 0.612. The largest absolute Gasteiger partial charge is 0.207 e. The van der Waals surface area contributed by atoms with Crippen LogP contribution >= 0.6 is 31.9 Å². The standard InChI is InChI=1S/C16H13Br2F/c17-13-5-2-6-14(19)15(13)16(18)12-8-7-10-3-1-4-11(10)9-12/h2,5-9,16H,1,3-4H2. The van der Waals surface area contributed by atoms with Gasteiger partial charge in [-0.2, -0.15) is 0 Å². The first-order valence-corrected chi connectivity index (χ1v) is 8.07. The van der Waals surface area contributed by atoms with Crippen LogP contribution in [-0.2, 0) is 12.8 Å². The zero-order chi connectivity index (χ0) is 13.4. The molecule has 0 heterocycles.